The molecule has 5 rings (SSSR count). The van der Waals surface area contributed by atoms with Crippen LogP contribution in [-0.2, 0) is 14.4 Å². The van der Waals surface area contributed by atoms with Gasteiger partial charge in [-0.25, -0.2) is 4.98 Å². The number of para-hydroxylation sites is 1. The second kappa shape index (κ2) is 7.98. The number of hydrogen-bond donors (Lipinski definition) is 1. The van der Waals surface area contributed by atoms with Crippen LogP contribution in [0.1, 0.15) is 38.5 Å². The fourth-order valence-corrected chi connectivity index (χ4v) is 5.49. The van der Waals surface area contributed by atoms with Crippen molar-refractivity contribution in [3.05, 3.63) is 24.3 Å². The van der Waals surface area contributed by atoms with E-state index >= 15 is 0 Å². The van der Waals surface area contributed by atoms with Gasteiger partial charge < -0.3 is 15.1 Å². The Hall–Kier alpha value is -2.48. The fraction of sp³-hybridized carbons (Fsp3) is 0.545. The lowest BCUT2D eigenvalue weighted by Crippen LogP contribution is -2.50. The molecule has 3 aliphatic rings. The number of aromatic nitrogens is 1. The van der Waals surface area contributed by atoms with Crippen LogP contribution < -0.4 is 5.32 Å². The number of carbonyl (C=O) groups is 3. The first kappa shape index (κ1) is 19.5. The van der Waals surface area contributed by atoms with Crippen LogP contribution in [0.2, 0.25) is 0 Å². The molecule has 1 saturated carbocycles. The third-order valence-electron chi connectivity index (χ3n) is 6.37. The Balaban J connectivity index is 1.25. The highest BCUT2D eigenvalue weighted by atomic mass is 32.1. The molecule has 8 heteroatoms. The van der Waals surface area contributed by atoms with E-state index in [1.54, 1.807) is 4.90 Å². The number of nitrogens with zero attached hydrogens (tertiary/aromatic N) is 3. The van der Waals surface area contributed by atoms with Gasteiger partial charge >= 0.3 is 0 Å². The number of thiazole rings is 1. The van der Waals surface area contributed by atoms with E-state index in [2.05, 4.69) is 10.3 Å². The molecule has 1 N–H and O–H groups in total. The van der Waals surface area contributed by atoms with E-state index in [9.17, 15) is 14.4 Å². The van der Waals surface area contributed by atoms with Crippen molar-refractivity contribution in [2.45, 2.75) is 44.6 Å². The lowest BCUT2D eigenvalue weighted by molar-refractivity contribution is -0.144. The highest BCUT2D eigenvalue weighted by Gasteiger charge is 2.41. The van der Waals surface area contributed by atoms with E-state index in [1.165, 1.54) is 11.3 Å². The zero-order valence-electron chi connectivity index (χ0n) is 16.9. The van der Waals surface area contributed by atoms with Crippen molar-refractivity contribution in [1.29, 1.82) is 0 Å². The van der Waals surface area contributed by atoms with Gasteiger partial charge in [0.15, 0.2) is 5.13 Å². The Labute approximate surface area is 179 Å². The third-order valence-corrected chi connectivity index (χ3v) is 7.32. The molecule has 1 aliphatic carbocycles. The Morgan fingerprint density at radius 3 is 2.57 bits per heavy atom. The molecule has 2 saturated heterocycles. The van der Waals surface area contributed by atoms with E-state index in [-0.39, 0.29) is 29.6 Å². The summed E-state index contributed by atoms with van der Waals surface area (Å²) in [6.45, 7) is 1.85. The summed E-state index contributed by atoms with van der Waals surface area (Å²) in [5.41, 5.74) is 0.861. The van der Waals surface area contributed by atoms with E-state index < -0.39 is 6.04 Å². The lowest BCUT2D eigenvalue weighted by Gasteiger charge is -2.35. The Morgan fingerprint density at radius 1 is 0.967 bits per heavy atom. The molecule has 0 radical (unpaired) electrons. The first-order chi connectivity index (χ1) is 14.6. The number of anilines is 1. The minimum Gasteiger partial charge on any atom is -0.342 e. The highest BCUT2D eigenvalue weighted by Crippen LogP contribution is 2.33. The maximum Gasteiger partial charge on any atom is 0.248 e. The van der Waals surface area contributed by atoms with E-state index in [0.717, 1.165) is 48.9 Å². The van der Waals surface area contributed by atoms with Crippen molar-refractivity contribution < 1.29 is 14.4 Å². The number of fused-ring (bicyclic) bond motifs is 1. The van der Waals surface area contributed by atoms with Gasteiger partial charge in [0.1, 0.15) is 6.04 Å². The number of amides is 3. The summed E-state index contributed by atoms with van der Waals surface area (Å²) in [4.78, 5) is 46.7. The standard InChI is InChI=1S/C22H26N4O3S/c27-19(24-22-23-16-6-1-2-8-18(16)30-22)17-7-4-12-26(17)21(29)15-5-3-11-25(13-15)20(28)14-9-10-14/h1-2,6,8,14-15,17H,3-5,7,9-13H2,(H,23,24,27). The van der Waals surface area contributed by atoms with Crippen LogP contribution in [-0.4, -0.2) is 58.2 Å². The SMILES string of the molecule is O=C(Nc1nc2ccccc2s1)C1CCCN1C(=O)C1CCCN(C(=O)C2CC2)C1. The molecule has 158 valence electrons. The normalized spacial score (nSPS) is 24.3. The zero-order chi connectivity index (χ0) is 20.7. The molecule has 30 heavy (non-hydrogen) atoms. The summed E-state index contributed by atoms with van der Waals surface area (Å²) in [5.74, 6) is 0.0428. The van der Waals surface area contributed by atoms with Crippen LogP contribution >= 0.6 is 11.3 Å². The van der Waals surface area contributed by atoms with Gasteiger partial charge in [-0.05, 0) is 50.7 Å². The van der Waals surface area contributed by atoms with Gasteiger partial charge in [-0.2, -0.15) is 0 Å². The first-order valence-corrected chi connectivity index (χ1v) is 11.7. The van der Waals surface area contributed by atoms with Crippen molar-refractivity contribution in [2.75, 3.05) is 25.0 Å². The molecular formula is C22H26N4O3S. The summed E-state index contributed by atoms with van der Waals surface area (Å²) in [6.07, 6.45) is 5.09. The number of piperidine rings is 1. The van der Waals surface area contributed by atoms with E-state index in [4.69, 9.17) is 0 Å². The number of carbonyl (C=O) groups excluding carboxylic acids is 3. The van der Waals surface area contributed by atoms with Crippen LogP contribution in [0.5, 0.6) is 0 Å². The zero-order valence-corrected chi connectivity index (χ0v) is 17.7. The Bertz CT molecular complexity index is 953. The van der Waals surface area contributed by atoms with E-state index in [0.29, 0.717) is 24.6 Å². The minimum atomic E-state index is -0.459. The topological polar surface area (TPSA) is 82.6 Å². The average molecular weight is 427 g/mol. The molecule has 1 aromatic carbocycles. The fourth-order valence-electron chi connectivity index (χ4n) is 4.62. The van der Waals surface area contributed by atoms with Crippen LogP contribution in [0.4, 0.5) is 5.13 Å². The van der Waals surface area contributed by atoms with Crippen LogP contribution in [0.15, 0.2) is 24.3 Å². The summed E-state index contributed by atoms with van der Waals surface area (Å²) in [7, 11) is 0. The van der Waals surface area contributed by atoms with Crippen LogP contribution in [0, 0.1) is 11.8 Å². The molecule has 0 spiro atoms. The smallest absolute Gasteiger partial charge is 0.248 e. The molecule has 2 unspecified atom stereocenters. The Morgan fingerprint density at radius 2 is 1.77 bits per heavy atom. The molecular weight excluding hydrogens is 400 g/mol. The van der Waals surface area contributed by atoms with Crippen molar-refractivity contribution in [2.24, 2.45) is 11.8 Å². The second-order valence-corrected chi connectivity index (χ2v) is 9.59. The lowest BCUT2D eigenvalue weighted by atomic mass is 9.95. The van der Waals surface area contributed by atoms with E-state index in [1.807, 2.05) is 29.2 Å². The summed E-state index contributed by atoms with van der Waals surface area (Å²) >= 11 is 1.44. The van der Waals surface area contributed by atoms with Gasteiger partial charge in [-0.3, -0.25) is 14.4 Å². The summed E-state index contributed by atoms with van der Waals surface area (Å²) in [5, 5.41) is 3.49. The molecule has 2 atom stereocenters. The molecule has 2 aromatic rings. The number of rotatable bonds is 4. The predicted molar refractivity (Wildman–Crippen MR) is 115 cm³/mol. The maximum absolute atomic E-state index is 13.3. The molecule has 2 aliphatic heterocycles. The third kappa shape index (κ3) is 3.80. The summed E-state index contributed by atoms with van der Waals surface area (Å²) < 4.78 is 1.02. The first-order valence-electron chi connectivity index (χ1n) is 10.9. The number of hydrogen-bond acceptors (Lipinski definition) is 5. The minimum absolute atomic E-state index is 0.0187. The molecule has 7 nitrogen and oxygen atoms in total. The van der Waals surface area contributed by atoms with Gasteiger partial charge in [0.25, 0.3) is 0 Å². The largest absolute Gasteiger partial charge is 0.342 e. The number of nitrogens with one attached hydrogen (secondary N) is 1. The average Bonchev–Trinajstić information content (AvgIpc) is 3.35. The number of benzene rings is 1. The summed E-state index contributed by atoms with van der Waals surface area (Å²) in [6, 6.07) is 7.31. The van der Waals surface area contributed by atoms with Crippen molar-refractivity contribution in [3.63, 3.8) is 0 Å². The van der Waals surface area contributed by atoms with Gasteiger partial charge in [0.2, 0.25) is 17.7 Å². The van der Waals surface area contributed by atoms with Crippen LogP contribution in [0.25, 0.3) is 10.2 Å². The maximum atomic E-state index is 13.3. The molecule has 3 fully saturated rings. The van der Waals surface area contributed by atoms with Gasteiger partial charge in [0.05, 0.1) is 16.1 Å². The van der Waals surface area contributed by atoms with Gasteiger partial charge in [0, 0.05) is 25.6 Å². The van der Waals surface area contributed by atoms with Crippen molar-refractivity contribution in [3.8, 4) is 0 Å². The quantitative estimate of drug-likeness (QED) is 0.815. The van der Waals surface area contributed by atoms with Gasteiger partial charge in [-0.15, -0.1) is 0 Å². The van der Waals surface area contributed by atoms with Gasteiger partial charge in [-0.1, -0.05) is 23.5 Å². The molecule has 1 aromatic heterocycles. The molecule has 3 heterocycles. The number of likely N-dealkylation sites (tertiary alicyclic amines) is 2. The molecule has 0 bridgehead atoms. The van der Waals surface area contributed by atoms with Crippen molar-refractivity contribution in [1.82, 2.24) is 14.8 Å². The molecule has 3 amide bonds. The van der Waals surface area contributed by atoms with Crippen molar-refractivity contribution >= 4 is 44.4 Å². The Kier molecular flexibility index (Phi) is 5.18. The monoisotopic (exact) mass is 426 g/mol. The second-order valence-electron chi connectivity index (χ2n) is 8.56. The predicted octanol–water partition coefficient (Wildman–Crippen LogP) is 2.87. The van der Waals surface area contributed by atoms with Crippen LogP contribution in [0.3, 0.4) is 0 Å². The highest BCUT2D eigenvalue weighted by molar-refractivity contribution is 7.22.